The average molecular weight is 422 g/mol. The van der Waals surface area contributed by atoms with Crippen LogP contribution in [0.2, 0.25) is 5.02 Å². The fourth-order valence-corrected chi connectivity index (χ4v) is 5.20. The molecular formula is C24H40ClN3O. The summed E-state index contributed by atoms with van der Waals surface area (Å²) in [7, 11) is 0. The van der Waals surface area contributed by atoms with Gasteiger partial charge < -0.3 is 10.6 Å². The number of hydrogen-bond acceptors (Lipinski definition) is 3. The lowest BCUT2D eigenvalue weighted by atomic mass is 9.91. The molecule has 1 amide bonds. The number of nitrogens with zero attached hydrogens (tertiary/aromatic N) is 1. The van der Waals surface area contributed by atoms with E-state index in [1.54, 1.807) is 0 Å². The van der Waals surface area contributed by atoms with Gasteiger partial charge in [0.15, 0.2) is 0 Å². The molecule has 1 saturated carbocycles. The maximum Gasteiger partial charge on any atom is 0.252 e. The molecule has 1 aliphatic carbocycles. The van der Waals surface area contributed by atoms with Gasteiger partial charge in [-0.05, 0) is 42.9 Å². The number of rotatable bonds is 5. The maximum atomic E-state index is 12.8. The quantitative estimate of drug-likeness (QED) is 0.682. The number of fused-ring (bicyclic) bond motifs is 2. The van der Waals surface area contributed by atoms with Crippen molar-refractivity contribution >= 4 is 17.5 Å². The third-order valence-corrected chi connectivity index (χ3v) is 6.94. The summed E-state index contributed by atoms with van der Waals surface area (Å²) in [6.45, 7) is 3.88. The van der Waals surface area contributed by atoms with Crippen LogP contribution in [0.4, 0.5) is 0 Å². The van der Waals surface area contributed by atoms with Crippen LogP contribution < -0.4 is 10.6 Å². The first-order valence-electron chi connectivity index (χ1n) is 10.7. The van der Waals surface area contributed by atoms with Gasteiger partial charge in [-0.25, -0.2) is 0 Å². The fraction of sp³-hybridized carbons (Fsp3) is 0.708. The van der Waals surface area contributed by atoms with Crippen LogP contribution in [0.25, 0.3) is 0 Å². The largest absolute Gasteiger partial charge is 0.352 e. The molecule has 3 aliphatic rings. The molecule has 2 unspecified atom stereocenters. The van der Waals surface area contributed by atoms with Crippen molar-refractivity contribution in [1.82, 2.24) is 15.5 Å². The molecule has 29 heavy (non-hydrogen) atoms. The van der Waals surface area contributed by atoms with E-state index in [0.29, 0.717) is 28.6 Å². The molecule has 0 aromatic heterocycles. The fourth-order valence-electron chi connectivity index (χ4n) is 5.00. The second kappa shape index (κ2) is 11.3. The van der Waals surface area contributed by atoms with Crippen LogP contribution in [0.1, 0.15) is 82.1 Å². The van der Waals surface area contributed by atoms with Crippen molar-refractivity contribution in [2.75, 3.05) is 19.6 Å². The SMILES string of the molecule is C.C.O=C(NCC1CCCCCCC1)c1cc(CN2CC3CC2CN3)ccc1Cl. The summed E-state index contributed by atoms with van der Waals surface area (Å²) in [6.07, 6.45) is 10.4. The van der Waals surface area contributed by atoms with Crippen LogP contribution in [0.3, 0.4) is 0 Å². The summed E-state index contributed by atoms with van der Waals surface area (Å²) in [5, 5.41) is 7.25. The topological polar surface area (TPSA) is 44.4 Å². The van der Waals surface area contributed by atoms with E-state index in [2.05, 4.69) is 21.6 Å². The average Bonchev–Trinajstić information content (AvgIpc) is 3.25. The summed E-state index contributed by atoms with van der Waals surface area (Å²) in [6, 6.07) is 7.23. The molecule has 0 radical (unpaired) electrons. The zero-order chi connectivity index (χ0) is 18.6. The van der Waals surface area contributed by atoms with Crippen molar-refractivity contribution in [2.24, 2.45) is 5.92 Å². The summed E-state index contributed by atoms with van der Waals surface area (Å²) in [4.78, 5) is 15.3. The summed E-state index contributed by atoms with van der Waals surface area (Å²) < 4.78 is 0. The van der Waals surface area contributed by atoms with E-state index < -0.39 is 0 Å². The van der Waals surface area contributed by atoms with Gasteiger partial charge in [-0.15, -0.1) is 0 Å². The Bertz CT molecular complexity index is 658. The summed E-state index contributed by atoms with van der Waals surface area (Å²) >= 11 is 6.36. The normalized spacial score (nSPS) is 24.9. The molecule has 1 aromatic rings. The Balaban J connectivity index is 0.00000150. The van der Waals surface area contributed by atoms with Crippen LogP contribution >= 0.6 is 11.6 Å². The molecule has 3 fully saturated rings. The molecule has 164 valence electrons. The Labute approximate surface area is 182 Å². The standard InChI is InChI=1S/C22H32ClN3O.2CH4/c23-21-9-8-17(14-26-15-18-11-19(26)13-24-18)10-20(21)22(27)25-12-16-6-4-2-1-3-5-7-16;;/h8-10,16,18-19,24H,1-7,11-15H2,(H,25,27);2*1H4. The number of hydrogen-bond donors (Lipinski definition) is 2. The minimum atomic E-state index is -0.0199. The number of benzene rings is 1. The molecule has 2 atom stereocenters. The predicted octanol–water partition coefficient (Wildman–Crippen LogP) is 5.25. The van der Waals surface area contributed by atoms with Crippen molar-refractivity contribution in [2.45, 2.75) is 84.8 Å². The smallest absolute Gasteiger partial charge is 0.252 e. The van der Waals surface area contributed by atoms with E-state index >= 15 is 0 Å². The lowest BCUT2D eigenvalue weighted by molar-refractivity contribution is 0.0944. The molecule has 4 rings (SSSR count). The van der Waals surface area contributed by atoms with Gasteiger partial charge in [0.2, 0.25) is 0 Å². The van der Waals surface area contributed by atoms with Gasteiger partial charge in [-0.1, -0.05) is 64.6 Å². The van der Waals surface area contributed by atoms with E-state index in [4.69, 9.17) is 11.6 Å². The second-order valence-electron chi connectivity index (χ2n) is 8.66. The highest BCUT2D eigenvalue weighted by atomic mass is 35.5. The van der Waals surface area contributed by atoms with Crippen molar-refractivity contribution < 1.29 is 4.79 Å². The molecule has 2 bridgehead atoms. The maximum absolute atomic E-state index is 12.8. The molecular weight excluding hydrogens is 382 g/mol. The van der Waals surface area contributed by atoms with Crippen molar-refractivity contribution in [1.29, 1.82) is 0 Å². The second-order valence-corrected chi connectivity index (χ2v) is 9.07. The third kappa shape index (κ3) is 6.19. The van der Waals surface area contributed by atoms with Crippen LogP contribution in [0.15, 0.2) is 18.2 Å². The number of nitrogens with one attached hydrogen (secondary N) is 2. The number of amides is 1. The lowest BCUT2D eigenvalue weighted by Gasteiger charge is -2.27. The third-order valence-electron chi connectivity index (χ3n) is 6.61. The van der Waals surface area contributed by atoms with Crippen molar-refractivity contribution in [3.63, 3.8) is 0 Å². The minimum absolute atomic E-state index is 0. The molecule has 0 spiro atoms. The number of carbonyl (C=O) groups excluding carboxylic acids is 1. The monoisotopic (exact) mass is 421 g/mol. The van der Waals surface area contributed by atoms with Gasteiger partial charge >= 0.3 is 0 Å². The first kappa shape index (κ1) is 24.2. The molecule has 2 N–H and O–H groups in total. The highest BCUT2D eigenvalue weighted by molar-refractivity contribution is 6.33. The number of carbonyl (C=O) groups is 1. The molecule has 2 heterocycles. The first-order valence-corrected chi connectivity index (χ1v) is 11.1. The Morgan fingerprint density at radius 1 is 1.14 bits per heavy atom. The van der Waals surface area contributed by atoms with E-state index in [-0.39, 0.29) is 20.8 Å². The zero-order valence-electron chi connectivity index (χ0n) is 16.2. The Morgan fingerprint density at radius 3 is 2.52 bits per heavy atom. The van der Waals surface area contributed by atoms with Crippen molar-refractivity contribution in [3.8, 4) is 0 Å². The molecule has 1 aromatic carbocycles. The van der Waals surface area contributed by atoms with Gasteiger partial charge in [0.05, 0.1) is 10.6 Å². The minimum Gasteiger partial charge on any atom is -0.352 e. The summed E-state index contributed by atoms with van der Waals surface area (Å²) in [5.74, 6) is 0.595. The molecule has 5 heteroatoms. The zero-order valence-corrected chi connectivity index (χ0v) is 16.9. The first-order chi connectivity index (χ1) is 13.2. The summed E-state index contributed by atoms with van der Waals surface area (Å²) in [5.41, 5.74) is 1.81. The van der Waals surface area contributed by atoms with Crippen LogP contribution in [-0.4, -0.2) is 42.5 Å². The number of halogens is 1. The number of piperazine rings is 1. The number of likely N-dealkylation sites (tertiary alicyclic amines) is 1. The van der Waals surface area contributed by atoms with Gasteiger partial charge in [-0.2, -0.15) is 0 Å². The van der Waals surface area contributed by atoms with Gasteiger partial charge in [0.1, 0.15) is 0 Å². The van der Waals surface area contributed by atoms with E-state index in [9.17, 15) is 4.79 Å². The lowest BCUT2D eigenvalue weighted by Crippen LogP contribution is -2.43. The molecule has 2 saturated heterocycles. The van der Waals surface area contributed by atoms with E-state index in [1.165, 1.54) is 56.9 Å². The highest BCUT2D eigenvalue weighted by Crippen LogP contribution is 2.27. The van der Waals surface area contributed by atoms with E-state index in [0.717, 1.165) is 26.2 Å². The van der Waals surface area contributed by atoms with E-state index in [1.807, 2.05) is 12.1 Å². The highest BCUT2D eigenvalue weighted by Gasteiger charge is 2.37. The predicted molar refractivity (Wildman–Crippen MR) is 124 cm³/mol. The van der Waals surface area contributed by atoms with Crippen LogP contribution in [-0.2, 0) is 6.54 Å². The Hall–Kier alpha value is -1.10. The Morgan fingerprint density at radius 2 is 1.86 bits per heavy atom. The van der Waals surface area contributed by atoms with Gasteiger partial charge in [0, 0.05) is 38.3 Å². The van der Waals surface area contributed by atoms with Crippen LogP contribution in [0, 0.1) is 5.92 Å². The molecule has 2 aliphatic heterocycles. The van der Waals surface area contributed by atoms with Gasteiger partial charge in [0.25, 0.3) is 5.91 Å². The van der Waals surface area contributed by atoms with Crippen molar-refractivity contribution in [3.05, 3.63) is 34.3 Å². The van der Waals surface area contributed by atoms with Gasteiger partial charge in [-0.3, -0.25) is 9.69 Å². The van der Waals surface area contributed by atoms with Crippen LogP contribution in [0.5, 0.6) is 0 Å². The Kier molecular flexibility index (Phi) is 9.45. The molecule has 4 nitrogen and oxygen atoms in total.